The average Bonchev–Trinajstić information content (AvgIpc) is 3.01. The van der Waals surface area contributed by atoms with Crippen molar-refractivity contribution in [3.05, 3.63) is 57.8 Å². The molecule has 0 aliphatic heterocycles. The molecule has 3 rings (SSSR count). The van der Waals surface area contributed by atoms with Gasteiger partial charge in [0.25, 0.3) is 5.56 Å². The number of aromatic nitrogens is 3. The zero-order valence-corrected chi connectivity index (χ0v) is 15.8. The molecule has 2 N–H and O–H groups in total. The van der Waals surface area contributed by atoms with E-state index in [2.05, 4.69) is 41.8 Å². The number of nitrogens with one attached hydrogen (secondary N) is 2. The number of rotatable bonds is 8. The fraction of sp³-hybridized carbons (Fsp3) is 0.429. The van der Waals surface area contributed by atoms with Crippen LogP contribution >= 0.6 is 0 Å². The molecular weight excluding hydrogens is 326 g/mol. The van der Waals surface area contributed by atoms with Crippen molar-refractivity contribution in [2.24, 2.45) is 5.92 Å². The van der Waals surface area contributed by atoms with E-state index in [9.17, 15) is 4.79 Å². The highest BCUT2D eigenvalue weighted by molar-refractivity contribution is 5.83. The average molecular weight is 353 g/mol. The molecule has 0 spiro atoms. The fourth-order valence-electron chi connectivity index (χ4n) is 3.05. The van der Waals surface area contributed by atoms with Crippen LogP contribution in [0.15, 0.2) is 35.3 Å². The zero-order chi connectivity index (χ0) is 18.5. The highest BCUT2D eigenvalue weighted by Gasteiger charge is 2.15. The van der Waals surface area contributed by atoms with E-state index in [-0.39, 0.29) is 5.56 Å². The summed E-state index contributed by atoms with van der Waals surface area (Å²) in [5, 5.41) is 1.15. The molecule has 2 aromatic heterocycles. The van der Waals surface area contributed by atoms with Crippen LogP contribution in [0.5, 0.6) is 5.88 Å². The van der Waals surface area contributed by atoms with Gasteiger partial charge in [0.05, 0.1) is 12.3 Å². The molecule has 0 amide bonds. The van der Waals surface area contributed by atoms with Gasteiger partial charge in [-0.05, 0) is 30.4 Å². The summed E-state index contributed by atoms with van der Waals surface area (Å²) in [6, 6.07) is 8.15. The van der Waals surface area contributed by atoms with Crippen LogP contribution in [-0.2, 0) is 12.8 Å². The van der Waals surface area contributed by atoms with Gasteiger partial charge in [-0.1, -0.05) is 45.4 Å². The summed E-state index contributed by atoms with van der Waals surface area (Å²) in [6.45, 7) is 6.90. The van der Waals surface area contributed by atoms with Crippen molar-refractivity contribution >= 4 is 10.9 Å². The first-order valence-electron chi connectivity index (χ1n) is 9.38. The van der Waals surface area contributed by atoms with E-state index in [0.29, 0.717) is 36.9 Å². The van der Waals surface area contributed by atoms with Gasteiger partial charge in [-0.2, -0.15) is 0 Å². The molecule has 0 atom stereocenters. The number of fused-ring (bicyclic) bond motifs is 1. The van der Waals surface area contributed by atoms with Crippen molar-refractivity contribution in [3.63, 3.8) is 0 Å². The third kappa shape index (κ3) is 4.15. The van der Waals surface area contributed by atoms with E-state index in [1.165, 1.54) is 0 Å². The summed E-state index contributed by atoms with van der Waals surface area (Å²) in [4.78, 5) is 23.3. The Morgan fingerprint density at radius 3 is 2.81 bits per heavy atom. The summed E-state index contributed by atoms with van der Waals surface area (Å²) >= 11 is 0. The minimum Gasteiger partial charge on any atom is -0.476 e. The fourth-order valence-corrected chi connectivity index (χ4v) is 3.05. The van der Waals surface area contributed by atoms with Crippen LogP contribution in [0.4, 0.5) is 0 Å². The second-order valence-electron chi connectivity index (χ2n) is 7.13. The topological polar surface area (TPSA) is 70.8 Å². The van der Waals surface area contributed by atoms with Gasteiger partial charge in [-0.3, -0.25) is 4.79 Å². The first kappa shape index (κ1) is 18.2. The molecule has 0 unspecified atom stereocenters. The first-order valence-corrected chi connectivity index (χ1v) is 9.38. The molecule has 1 aromatic carbocycles. The number of unbranched alkanes of at least 4 members (excludes halogenated alkanes) is 1. The SMILES string of the molecule is CCCCOc1nc(CC(C)C)c(=O)[nH]c1Cc1c[nH]c2ccccc12. The third-order valence-electron chi connectivity index (χ3n) is 4.40. The van der Waals surface area contributed by atoms with Crippen LogP contribution in [0.3, 0.4) is 0 Å². The smallest absolute Gasteiger partial charge is 0.270 e. The first-order chi connectivity index (χ1) is 12.6. The molecule has 2 heterocycles. The van der Waals surface area contributed by atoms with Crippen molar-refractivity contribution < 1.29 is 4.74 Å². The summed E-state index contributed by atoms with van der Waals surface area (Å²) < 4.78 is 5.92. The predicted octanol–water partition coefficient (Wildman–Crippen LogP) is 4.22. The number of nitrogens with zero attached hydrogens (tertiary/aromatic N) is 1. The monoisotopic (exact) mass is 353 g/mol. The maximum absolute atomic E-state index is 12.5. The molecule has 0 aliphatic rings. The second kappa shape index (κ2) is 8.21. The Bertz CT molecular complexity index is 924. The van der Waals surface area contributed by atoms with Gasteiger partial charge >= 0.3 is 0 Å². The van der Waals surface area contributed by atoms with Crippen molar-refractivity contribution in [3.8, 4) is 5.88 Å². The molecule has 26 heavy (non-hydrogen) atoms. The summed E-state index contributed by atoms with van der Waals surface area (Å²) in [5.74, 6) is 0.922. The van der Waals surface area contributed by atoms with Crippen LogP contribution < -0.4 is 10.3 Å². The molecule has 0 saturated carbocycles. The maximum atomic E-state index is 12.5. The Morgan fingerprint density at radius 1 is 1.23 bits per heavy atom. The van der Waals surface area contributed by atoms with Crippen LogP contribution in [0, 0.1) is 5.92 Å². The highest BCUT2D eigenvalue weighted by atomic mass is 16.5. The molecule has 5 nitrogen and oxygen atoms in total. The lowest BCUT2D eigenvalue weighted by molar-refractivity contribution is 0.291. The summed E-state index contributed by atoms with van der Waals surface area (Å²) in [5.41, 5.74) is 3.38. The molecule has 0 bridgehead atoms. The maximum Gasteiger partial charge on any atom is 0.270 e. The molecule has 0 radical (unpaired) electrons. The summed E-state index contributed by atoms with van der Waals surface area (Å²) in [6.07, 6.45) is 5.23. The van der Waals surface area contributed by atoms with Gasteiger partial charge in [0, 0.05) is 23.5 Å². The quantitative estimate of drug-likeness (QED) is 0.596. The van der Waals surface area contributed by atoms with Crippen LogP contribution in [0.1, 0.15) is 50.6 Å². The predicted molar refractivity (Wildman–Crippen MR) is 105 cm³/mol. The van der Waals surface area contributed by atoms with Gasteiger partial charge in [-0.25, -0.2) is 4.98 Å². The van der Waals surface area contributed by atoms with Crippen LogP contribution in [0.25, 0.3) is 10.9 Å². The van der Waals surface area contributed by atoms with Gasteiger partial charge in [0.15, 0.2) is 0 Å². The van der Waals surface area contributed by atoms with E-state index < -0.39 is 0 Å². The number of hydrogen-bond acceptors (Lipinski definition) is 3. The van der Waals surface area contributed by atoms with Gasteiger partial charge < -0.3 is 14.7 Å². The van der Waals surface area contributed by atoms with Crippen molar-refractivity contribution in [1.82, 2.24) is 15.0 Å². The number of ether oxygens (including phenoxy) is 1. The van der Waals surface area contributed by atoms with E-state index in [1.54, 1.807) is 0 Å². The van der Waals surface area contributed by atoms with E-state index in [1.807, 2.05) is 24.4 Å². The Morgan fingerprint density at radius 2 is 2.04 bits per heavy atom. The zero-order valence-electron chi connectivity index (χ0n) is 15.8. The Hall–Kier alpha value is -2.56. The van der Waals surface area contributed by atoms with E-state index >= 15 is 0 Å². The molecule has 138 valence electrons. The molecular formula is C21H27N3O2. The lowest BCUT2D eigenvalue weighted by Gasteiger charge is -2.12. The molecule has 5 heteroatoms. The van der Waals surface area contributed by atoms with E-state index in [4.69, 9.17) is 4.74 Å². The van der Waals surface area contributed by atoms with Crippen LogP contribution in [0.2, 0.25) is 0 Å². The third-order valence-corrected chi connectivity index (χ3v) is 4.40. The van der Waals surface area contributed by atoms with Crippen molar-refractivity contribution in [1.29, 1.82) is 0 Å². The number of benzene rings is 1. The van der Waals surface area contributed by atoms with Crippen LogP contribution in [-0.4, -0.2) is 21.6 Å². The molecule has 0 aliphatic carbocycles. The minimum atomic E-state index is -0.114. The van der Waals surface area contributed by atoms with Gasteiger partial charge in [-0.15, -0.1) is 0 Å². The Kier molecular flexibility index (Phi) is 5.76. The van der Waals surface area contributed by atoms with Crippen molar-refractivity contribution in [2.45, 2.75) is 46.5 Å². The number of para-hydroxylation sites is 1. The minimum absolute atomic E-state index is 0.114. The molecule has 0 fully saturated rings. The van der Waals surface area contributed by atoms with Gasteiger partial charge in [0.2, 0.25) is 5.88 Å². The largest absolute Gasteiger partial charge is 0.476 e. The number of aromatic amines is 2. The Labute approximate surface area is 153 Å². The lowest BCUT2D eigenvalue weighted by atomic mass is 10.1. The molecule has 3 aromatic rings. The second-order valence-corrected chi connectivity index (χ2v) is 7.13. The number of H-pyrrole nitrogens is 2. The van der Waals surface area contributed by atoms with E-state index in [0.717, 1.165) is 35.0 Å². The summed E-state index contributed by atoms with van der Waals surface area (Å²) in [7, 11) is 0. The van der Waals surface area contributed by atoms with Gasteiger partial charge in [0.1, 0.15) is 5.69 Å². The lowest BCUT2D eigenvalue weighted by Crippen LogP contribution is -2.21. The highest BCUT2D eigenvalue weighted by Crippen LogP contribution is 2.23. The number of hydrogen-bond donors (Lipinski definition) is 2. The normalized spacial score (nSPS) is 11.4. The standard InChI is InChI=1S/C21H27N3O2/c1-4-5-10-26-21-19(23-20(25)18(24-21)11-14(2)3)12-15-13-22-17-9-7-6-8-16(15)17/h6-9,13-14,22H,4-5,10-12H2,1-3H3,(H,23,25). The van der Waals surface area contributed by atoms with Crippen molar-refractivity contribution in [2.75, 3.05) is 6.61 Å². The molecule has 0 saturated heterocycles. The Balaban J connectivity index is 1.95.